The number of nitrogens with one attached hydrogen (secondary N) is 2. The minimum atomic E-state index is 0. The number of hydrogen-bond acceptors (Lipinski definition) is 6. The predicted octanol–water partition coefficient (Wildman–Crippen LogP) is 4.83. The average Bonchev–Trinajstić information content (AvgIpc) is 3.48. The topological polar surface area (TPSA) is 93.8 Å². The second-order valence-corrected chi connectivity index (χ2v) is 8.40. The van der Waals surface area contributed by atoms with Gasteiger partial charge in [-0.1, -0.05) is 31.1 Å². The highest BCUT2D eigenvalue weighted by molar-refractivity contribution is 14.0. The summed E-state index contributed by atoms with van der Waals surface area (Å²) in [6.07, 6.45) is 6.53. The summed E-state index contributed by atoms with van der Waals surface area (Å²) in [6, 6.07) is 5.99. The monoisotopic (exact) mass is 571 g/mol. The van der Waals surface area contributed by atoms with Crippen LogP contribution in [-0.4, -0.2) is 42.4 Å². The van der Waals surface area contributed by atoms with Gasteiger partial charge in [-0.15, -0.1) is 24.0 Å². The van der Waals surface area contributed by atoms with Crippen molar-refractivity contribution < 1.29 is 14.0 Å². The van der Waals surface area contributed by atoms with Crippen LogP contribution < -0.4 is 20.1 Å². The maximum absolute atomic E-state index is 6.33. The molecule has 0 unspecified atom stereocenters. The van der Waals surface area contributed by atoms with Gasteiger partial charge in [0.2, 0.25) is 5.89 Å². The molecule has 9 heteroatoms. The minimum absolute atomic E-state index is 0. The number of aromatic nitrogens is 2. The van der Waals surface area contributed by atoms with Crippen molar-refractivity contribution in [3.05, 3.63) is 35.5 Å². The van der Waals surface area contributed by atoms with Crippen molar-refractivity contribution in [3.63, 3.8) is 0 Å². The van der Waals surface area contributed by atoms with Crippen LogP contribution in [0.3, 0.4) is 0 Å². The molecule has 0 amide bonds. The van der Waals surface area contributed by atoms with E-state index in [0.29, 0.717) is 12.4 Å². The molecule has 0 atom stereocenters. The highest BCUT2D eigenvalue weighted by Gasteiger charge is 2.20. The van der Waals surface area contributed by atoms with Crippen LogP contribution in [0.1, 0.15) is 76.1 Å². The van der Waals surface area contributed by atoms with Gasteiger partial charge in [0.05, 0.1) is 19.8 Å². The Morgan fingerprint density at radius 1 is 1.24 bits per heavy atom. The average molecular weight is 572 g/mol. The molecule has 0 saturated heterocycles. The fourth-order valence-electron chi connectivity index (χ4n) is 3.71. The Hall–Kier alpha value is -2.04. The van der Waals surface area contributed by atoms with Crippen LogP contribution in [0.4, 0.5) is 0 Å². The summed E-state index contributed by atoms with van der Waals surface area (Å²) >= 11 is 0. The van der Waals surface area contributed by atoms with Crippen LogP contribution in [-0.2, 0) is 13.0 Å². The number of benzene rings is 1. The first kappa shape index (κ1) is 27.2. The number of aliphatic imine (C=N–C) groups is 1. The van der Waals surface area contributed by atoms with E-state index >= 15 is 0 Å². The molecule has 0 bridgehead atoms. The van der Waals surface area contributed by atoms with Crippen LogP contribution in [0.5, 0.6) is 11.5 Å². The number of hydrogen-bond donors (Lipinski definition) is 2. The molecule has 0 spiro atoms. The zero-order valence-corrected chi connectivity index (χ0v) is 22.6. The predicted molar refractivity (Wildman–Crippen MR) is 141 cm³/mol. The van der Waals surface area contributed by atoms with Crippen molar-refractivity contribution in [1.29, 1.82) is 0 Å². The number of guanidine groups is 1. The third kappa shape index (κ3) is 8.35. The summed E-state index contributed by atoms with van der Waals surface area (Å²) in [4.78, 5) is 9.20. The van der Waals surface area contributed by atoms with E-state index in [9.17, 15) is 0 Å². The highest BCUT2D eigenvalue weighted by atomic mass is 127. The summed E-state index contributed by atoms with van der Waals surface area (Å²) in [6.45, 7) is 8.23. The van der Waals surface area contributed by atoms with Crippen molar-refractivity contribution >= 4 is 29.9 Å². The Balaban J connectivity index is 0.00000385. The summed E-state index contributed by atoms with van der Waals surface area (Å²) in [5.41, 5.74) is 1.03. The lowest BCUT2D eigenvalue weighted by Gasteiger charge is -2.19. The van der Waals surface area contributed by atoms with E-state index in [0.717, 1.165) is 67.6 Å². The largest absolute Gasteiger partial charge is 0.493 e. The molecule has 8 nitrogen and oxygen atoms in total. The third-order valence-electron chi connectivity index (χ3n) is 5.48. The molecule has 1 saturated carbocycles. The van der Waals surface area contributed by atoms with E-state index in [-0.39, 0.29) is 36.0 Å². The van der Waals surface area contributed by atoms with E-state index in [1.165, 1.54) is 12.8 Å². The lowest BCUT2D eigenvalue weighted by atomic mass is 10.1. The van der Waals surface area contributed by atoms with E-state index in [1.54, 1.807) is 7.11 Å². The maximum Gasteiger partial charge on any atom is 0.226 e. The molecule has 0 aliphatic heterocycles. The lowest BCUT2D eigenvalue weighted by Crippen LogP contribution is -2.37. The molecular weight excluding hydrogens is 533 g/mol. The van der Waals surface area contributed by atoms with Gasteiger partial charge in [-0.2, -0.15) is 4.98 Å². The number of halogens is 1. The number of ether oxygens (including phenoxy) is 2. The number of nitrogens with zero attached hydrogens (tertiary/aromatic N) is 3. The first-order chi connectivity index (χ1) is 15.6. The smallest absolute Gasteiger partial charge is 0.226 e. The van der Waals surface area contributed by atoms with Gasteiger partial charge in [0.25, 0.3) is 0 Å². The van der Waals surface area contributed by atoms with E-state index < -0.39 is 0 Å². The summed E-state index contributed by atoms with van der Waals surface area (Å²) in [5.74, 6) is 4.08. The first-order valence-corrected chi connectivity index (χ1v) is 11.8. The summed E-state index contributed by atoms with van der Waals surface area (Å²) in [7, 11) is 1.68. The van der Waals surface area contributed by atoms with Crippen LogP contribution in [0, 0.1) is 0 Å². The van der Waals surface area contributed by atoms with Crippen LogP contribution in [0.15, 0.2) is 27.7 Å². The molecule has 0 radical (unpaired) electrons. The maximum atomic E-state index is 6.33. The molecule has 1 aromatic heterocycles. The molecule has 1 fully saturated rings. The van der Waals surface area contributed by atoms with Crippen molar-refractivity contribution in [2.45, 2.75) is 77.9 Å². The first-order valence-electron chi connectivity index (χ1n) is 11.8. The quantitative estimate of drug-likeness (QED) is 0.173. The Morgan fingerprint density at radius 2 is 2.03 bits per heavy atom. The third-order valence-corrected chi connectivity index (χ3v) is 5.48. The SMILES string of the molecule is CCNC(=NCc1cccc(OC)c1OC1CCCC1)NCCCc1nc(C(C)C)no1.I. The van der Waals surface area contributed by atoms with Gasteiger partial charge >= 0.3 is 0 Å². The minimum Gasteiger partial charge on any atom is -0.493 e. The van der Waals surface area contributed by atoms with Crippen molar-refractivity contribution in [2.75, 3.05) is 20.2 Å². The molecule has 3 rings (SSSR count). The number of para-hydroxylation sites is 1. The normalized spacial score (nSPS) is 14.3. The van der Waals surface area contributed by atoms with Gasteiger partial charge < -0.3 is 24.6 Å². The fraction of sp³-hybridized carbons (Fsp3) is 0.625. The zero-order valence-electron chi connectivity index (χ0n) is 20.2. The molecule has 1 aliphatic carbocycles. The van der Waals surface area contributed by atoms with Gasteiger partial charge in [0, 0.05) is 31.0 Å². The molecule has 1 heterocycles. The Bertz CT molecular complexity index is 866. The lowest BCUT2D eigenvalue weighted by molar-refractivity contribution is 0.198. The zero-order chi connectivity index (χ0) is 22.8. The Labute approximate surface area is 214 Å². The summed E-state index contributed by atoms with van der Waals surface area (Å²) in [5, 5.41) is 10.7. The summed E-state index contributed by atoms with van der Waals surface area (Å²) < 4.78 is 17.2. The molecule has 1 aromatic carbocycles. The second kappa shape index (κ2) is 14.3. The Kier molecular flexibility index (Phi) is 11.8. The van der Waals surface area contributed by atoms with Gasteiger partial charge in [-0.05, 0) is 45.1 Å². The van der Waals surface area contributed by atoms with Crippen LogP contribution in [0.25, 0.3) is 0 Å². The molecule has 1 aliphatic rings. The molecule has 2 aromatic rings. The van der Waals surface area contributed by atoms with Gasteiger partial charge in [-0.25, -0.2) is 4.99 Å². The number of methoxy groups -OCH3 is 1. The fourth-order valence-corrected chi connectivity index (χ4v) is 3.71. The van der Waals surface area contributed by atoms with Gasteiger partial charge in [-0.3, -0.25) is 0 Å². The van der Waals surface area contributed by atoms with E-state index in [4.69, 9.17) is 19.0 Å². The standard InChI is InChI=1S/C24H37N5O3.HI/c1-5-25-24(26-15-9-14-21-28-23(17(2)3)29-32-21)27-16-18-10-8-13-20(30-4)22(18)31-19-11-6-7-12-19;/h8,10,13,17,19H,5-7,9,11-12,14-16H2,1-4H3,(H2,25,26,27);1H. The molecule has 2 N–H and O–H groups in total. The van der Waals surface area contributed by atoms with Crippen LogP contribution >= 0.6 is 24.0 Å². The van der Waals surface area contributed by atoms with Crippen molar-refractivity contribution in [2.24, 2.45) is 4.99 Å². The van der Waals surface area contributed by atoms with Crippen LogP contribution in [0.2, 0.25) is 0 Å². The molecular formula is C24H38IN5O3. The highest BCUT2D eigenvalue weighted by Crippen LogP contribution is 2.35. The molecule has 184 valence electrons. The Morgan fingerprint density at radius 3 is 2.70 bits per heavy atom. The molecule has 33 heavy (non-hydrogen) atoms. The van der Waals surface area contributed by atoms with Gasteiger partial charge in [0.15, 0.2) is 23.3 Å². The van der Waals surface area contributed by atoms with E-state index in [2.05, 4.69) is 47.6 Å². The van der Waals surface area contributed by atoms with Gasteiger partial charge in [0.1, 0.15) is 0 Å². The van der Waals surface area contributed by atoms with Crippen molar-refractivity contribution in [3.8, 4) is 11.5 Å². The number of rotatable bonds is 11. The van der Waals surface area contributed by atoms with Crippen molar-refractivity contribution in [1.82, 2.24) is 20.8 Å². The van der Waals surface area contributed by atoms with E-state index in [1.807, 2.05) is 12.1 Å². The second-order valence-electron chi connectivity index (χ2n) is 8.40. The number of aryl methyl sites for hydroxylation is 1.